The number of likely N-dealkylation sites (tertiary alicyclic amines) is 1. The van der Waals surface area contributed by atoms with E-state index in [1.807, 2.05) is 0 Å². The number of nitrogens with two attached hydrogens (primary N) is 1. The molecule has 13 heavy (non-hydrogen) atoms. The molecule has 1 aliphatic heterocycles. The van der Waals surface area contributed by atoms with Gasteiger partial charge in [0.05, 0.1) is 6.61 Å². The van der Waals surface area contributed by atoms with Crippen LogP contribution in [0.3, 0.4) is 0 Å². The molecule has 0 aliphatic carbocycles. The summed E-state index contributed by atoms with van der Waals surface area (Å²) in [5, 5.41) is 0. The minimum atomic E-state index is 0.380. The zero-order valence-electron chi connectivity index (χ0n) is 9.05. The standard InChI is InChI=1S/C10H22N2O/c1-10(2)8-12(5-4-11)6-9(10)7-13-3/h9H,4-8,11H2,1-3H3/t9-/m0/s1. The summed E-state index contributed by atoms with van der Waals surface area (Å²) < 4.78 is 5.23. The van der Waals surface area contributed by atoms with Crippen molar-refractivity contribution in [2.75, 3.05) is 39.9 Å². The maximum Gasteiger partial charge on any atom is 0.0508 e. The molecule has 78 valence electrons. The first-order valence-electron chi connectivity index (χ1n) is 5.01. The van der Waals surface area contributed by atoms with E-state index < -0.39 is 0 Å². The fourth-order valence-corrected chi connectivity index (χ4v) is 2.16. The highest BCUT2D eigenvalue weighted by atomic mass is 16.5. The molecule has 0 amide bonds. The Hall–Kier alpha value is -0.120. The molecule has 1 rings (SSSR count). The van der Waals surface area contributed by atoms with E-state index in [9.17, 15) is 0 Å². The van der Waals surface area contributed by atoms with Gasteiger partial charge in [-0.25, -0.2) is 0 Å². The summed E-state index contributed by atoms with van der Waals surface area (Å²) in [6, 6.07) is 0. The molecule has 0 unspecified atom stereocenters. The van der Waals surface area contributed by atoms with Crippen LogP contribution < -0.4 is 5.73 Å². The lowest BCUT2D eigenvalue weighted by molar-refractivity contribution is 0.112. The second kappa shape index (κ2) is 4.40. The topological polar surface area (TPSA) is 38.5 Å². The molecule has 0 aromatic carbocycles. The summed E-state index contributed by atoms with van der Waals surface area (Å²) in [4.78, 5) is 2.43. The van der Waals surface area contributed by atoms with Crippen LogP contribution in [0.2, 0.25) is 0 Å². The fourth-order valence-electron chi connectivity index (χ4n) is 2.16. The Balaban J connectivity index is 2.47. The van der Waals surface area contributed by atoms with E-state index in [-0.39, 0.29) is 0 Å². The van der Waals surface area contributed by atoms with Gasteiger partial charge in [-0.15, -0.1) is 0 Å². The number of rotatable bonds is 4. The molecule has 0 bridgehead atoms. The lowest BCUT2D eigenvalue weighted by Crippen LogP contribution is -2.28. The third kappa shape index (κ3) is 2.66. The molecule has 1 fully saturated rings. The Morgan fingerprint density at radius 1 is 1.54 bits per heavy atom. The molecular weight excluding hydrogens is 164 g/mol. The Kier molecular flexibility index (Phi) is 3.71. The number of hydrogen-bond donors (Lipinski definition) is 1. The highest BCUT2D eigenvalue weighted by Crippen LogP contribution is 2.34. The van der Waals surface area contributed by atoms with Crippen LogP contribution >= 0.6 is 0 Å². The number of nitrogens with zero attached hydrogens (tertiary/aromatic N) is 1. The summed E-state index contributed by atoms with van der Waals surface area (Å²) in [5.74, 6) is 0.657. The van der Waals surface area contributed by atoms with Gasteiger partial charge in [-0.1, -0.05) is 13.8 Å². The summed E-state index contributed by atoms with van der Waals surface area (Å²) >= 11 is 0. The minimum absolute atomic E-state index is 0.380. The summed E-state index contributed by atoms with van der Waals surface area (Å²) in [5.41, 5.74) is 5.92. The van der Waals surface area contributed by atoms with E-state index in [2.05, 4.69) is 18.7 Å². The predicted octanol–water partition coefficient (Wildman–Crippen LogP) is 0.550. The first-order valence-corrected chi connectivity index (χ1v) is 5.01. The van der Waals surface area contributed by atoms with Gasteiger partial charge < -0.3 is 15.4 Å². The monoisotopic (exact) mass is 186 g/mol. The molecule has 3 heteroatoms. The van der Waals surface area contributed by atoms with Gasteiger partial charge in [0.2, 0.25) is 0 Å². The van der Waals surface area contributed by atoms with E-state index in [1.165, 1.54) is 0 Å². The molecule has 0 radical (unpaired) electrons. The predicted molar refractivity (Wildman–Crippen MR) is 54.6 cm³/mol. The van der Waals surface area contributed by atoms with Gasteiger partial charge >= 0.3 is 0 Å². The van der Waals surface area contributed by atoms with Crippen molar-refractivity contribution in [2.45, 2.75) is 13.8 Å². The average molecular weight is 186 g/mol. The minimum Gasteiger partial charge on any atom is -0.384 e. The molecular formula is C10H22N2O. The SMILES string of the molecule is COC[C@@H]1CN(CCN)CC1(C)C. The van der Waals surface area contributed by atoms with Crippen molar-refractivity contribution in [3.8, 4) is 0 Å². The van der Waals surface area contributed by atoms with Gasteiger partial charge in [0.25, 0.3) is 0 Å². The Bertz CT molecular complexity index is 159. The van der Waals surface area contributed by atoms with E-state index in [0.29, 0.717) is 11.3 Å². The quantitative estimate of drug-likeness (QED) is 0.697. The van der Waals surface area contributed by atoms with E-state index >= 15 is 0 Å². The van der Waals surface area contributed by atoms with Crippen molar-refractivity contribution in [1.29, 1.82) is 0 Å². The lowest BCUT2D eigenvalue weighted by atomic mass is 9.83. The third-order valence-electron chi connectivity index (χ3n) is 3.03. The number of ether oxygens (including phenoxy) is 1. The average Bonchev–Trinajstić information content (AvgIpc) is 2.28. The van der Waals surface area contributed by atoms with Crippen LogP contribution in [0, 0.1) is 11.3 Å². The largest absolute Gasteiger partial charge is 0.384 e. The maximum absolute atomic E-state index is 5.54. The second-order valence-corrected chi connectivity index (χ2v) is 4.66. The molecule has 1 saturated heterocycles. The summed E-state index contributed by atoms with van der Waals surface area (Å²) in [7, 11) is 1.78. The van der Waals surface area contributed by atoms with Gasteiger partial charge in [0, 0.05) is 39.2 Å². The molecule has 3 nitrogen and oxygen atoms in total. The molecule has 0 aromatic rings. The van der Waals surface area contributed by atoms with E-state index in [4.69, 9.17) is 10.5 Å². The molecule has 1 aliphatic rings. The van der Waals surface area contributed by atoms with E-state index in [1.54, 1.807) is 7.11 Å². The fraction of sp³-hybridized carbons (Fsp3) is 1.00. The van der Waals surface area contributed by atoms with Crippen molar-refractivity contribution >= 4 is 0 Å². The first kappa shape index (κ1) is 11.0. The summed E-state index contributed by atoms with van der Waals surface area (Å²) in [6.45, 7) is 9.56. The van der Waals surface area contributed by atoms with E-state index in [0.717, 1.165) is 32.8 Å². The van der Waals surface area contributed by atoms with Crippen LogP contribution in [0.4, 0.5) is 0 Å². The van der Waals surface area contributed by atoms with Crippen LogP contribution in [-0.2, 0) is 4.74 Å². The molecule has 0 aromatic heterocycles. The van der Waals surface area contributed by atoms with Crippen molar-refractivity contribution < 1.29 is 4.74 Å². The van der Waals surface area contributed by atoms with Gasteiger partial charge in [0.15, 0.2) is 0 Å². The smallest absolute Gasteiger partial charge is 0.0508 e. The molecule has 1 atom stereocenters. The third-order valence-corrected chi connectivity index (χ3v) is 3.03. The van der Waals surface area contributed by atoms with Crippen LogP contribution in [0.5, 0.6) is 0 Å². The van der Waals surface area contributed by atoms with Crippen LogP contribution in [0.25, 0.3) is 0 Å². The second-order valence-electron chi connectivity index (χ2n) is 4.66. The number of hydrogen-bond acceptors (Lipinski definition) is 3. The number of methoxy groups -OCH3 is 1. The Labute approximate surface area is 81.2 Å². The Morgan fingerprint density at radius 3 is 2.77 bits per heavy atom. The van der Waals surface area contributed by atoms with Gasteiger partial charge in [-0.2, -0.15) is 0 Å². The maximum atomic E-state index is 5.54. The molecule has 0 saturated carbocycles. The zero-order valence-corrected chi connectivity index (χ0v) is 9.05. The van der Waals surface area contributed by atoms with Crippen molar-refractivity contribution in [3.05, 3.63) is 0 Å². The Morgan fingerprint density at radius 2 is 2.23 bits per heavy atom. The van der Waals surface area contributed by atoms with Crippen LogP contribution in [-0.4, -0.2) is 44.8 Å². The van der Waals surface area contributed by atoms with Crippen molar-refractivity contribution in [2.24, 2.45) is 17.1 Å². The van der Waals surface area contributed by atoms with Crippen LogP contribution in [0.15, 0.2) is 0 Å². The molecule has 0 spiro atoms. The van der Waals surface area contributed by atoms with Crippen molar-refractivity contribution in [3.63, 3.8) is 0 Å². The summed E-state index contributed by atoms with van der Waals surface area (Å²) in [6.07, 6.45) is 0. The van der Waals surface area contributed by atoms with Gasteiger partial charge in [-0.05, 0) is 5.41 Å². The van der Waals surface area contributed by atoms with Gasteiger partial charge in [-0.3, -0.25) is 0 Å². The van der Waals surface area contributed by atoms with Gasteiger partial charge in [0.1, 0.15) is 0 Å². The zero-order chi connectivity index (χ0) is 9.90. The highest BCUT2D eigenvalue weighted by Gasteiger charge is 2.38. The first-order chi connectivity index (χ1) is 6.10. The van der Waals surface area contributed by atoms with Crippen molar-refractivity contribution in [1.82, 2.24) is 4.90 Å². The molecule has 1 heterocycles. The van der Waals surface area contributed by atoms with Crippen LogP contribution in [0.1, 0.15) is 13.8 Å². The highest BCUT2D eigenvalue weighted by molar-refractivity contribution is 4.90. The lowest BCUT2D eigenvalue weighted by Gasteiger charge is -2.24. The normalized spacial score (nSPS) is 28.2. The molecule has 2 N–H and O–H groups in total.